The number of nitrogens with zero attached hydrogens (tertiary/aromatic N) is 1. The molecule has 1 aromatic carbocycles. The van der Waals surface area contributed by atoms with E-state index >= 15 is 0 Å². The van der Waals surface area contributed by atoms with Crippen LogP contribution in [0.3, 0.4) is 0 Å². The van der Waals surface area contributed by atoms with E-state index in [1.165, 1.54) is 6.07 Å². The van der Waals surface area contributed by atoms with Crippen molar-refractivity contribution >= 4 is 11.0 Å². The van der Waals surface area contributed by atoms with Gasteiger partial charge in [0.05, 0.1) is 17.2 Å². The van der Waals surface area contributed by atoms with Gasteiger partial charge in [-0.3, -0.25) is 4.79 Å². The molecule has 0 spiro atoms. The third-order valence-corrected chi connectivity index (χ3v) is 1.78. The maximum Gasteiger partial charge on any atom is 0.573 e. The van der Waals surface area contributed by atoms with Crippen LogP contribution < -0.4 is 10.3 Å². The lowest BCUT2D eigenvalue weighted by Gasteiger charge is -2.08. The molecule has 0 saturated heterocycles. The van der Waals surface area contributed by atoms with Gasteiger partial charge in [-0.2, -0.15) is 0 Å². The van der Waals surface area contributed by atoms with Crippen molar-refractivity contribution in [3.05, 3.63) is 34.7 Å². The second-order valence-corrected chi connectivity index (χ2v) is 2.97. The highest BCUT2D eigenvalue weighted by Crippen LogP contribution is 2.24. The van der Waals surface area contributed by atoms with E-state index in [0.717, 1.165) is 18.3 Å². The SMILES string of the molecule is O=c1cnc2cc(OC(F)(F)F)ccc2[nH]1. The van der Waals surface area contributed by atoms with Gasteiger partial charge in [-0.25, -0.2) is 4.98 Å². The van der Waals surface area contributed by atoms with Crippen molar-refractivity contribution < 1.29 is 17.9 Å². The van der Waals surface area contributed by atoms with Crippen LogP contribution >= 0.6 is 0 Å². The zero-order valence-electron chi connectivity index (χ0n) is 7.71. The minimum atomic E-state index is -4.74. The number of ether oxygens (including phenoxy) is 1. The number of hydrogen-bond donors (Lipinski definition) is 1. The van der Waals surface area contributed by atoms with Crippen molar-refractivity contribution in [3.63, 3.8) is 0 Å². The molecule has 84 valence electrons. The fraction of sp³-hybridized carbons (Fsp3) is 0.111. The van der Waals surface area contributed by atoms with Crippen molar-refractivity contribution in [2.24, 2.45) is 0 Å². The van der Waals surface area contributed by atoms with Gasteiger partial charge in [0.2, 0.25) is 0 Å². The first-order chi connectivity index (χ1) is 7.44. The van der Waals surface area contributed by atoms with Crippen molar-refractivity contribution in [2.75, 3.05) is 0 Å². The number of hydrogen-bond acceptors (Lipinski definition) is 3. The number of benzene rings is 1. The molecule has 1 N–H and O–H groups in total. The minimum Gasteiger partial charge on any atom is -0.406 e. The fourth-order valence-corrected chi connectivity index (χ4v) is 1.21. The summed E-state index contributed by atoms with van der Waals surface area (Å²) in [5, 5.41) is 0. The molecule has 0 atom stereocenters. The molecule has 1 heterocycles. The monoisotopic (exact) mass is 230 g/mol. The van der Waals surface area contributed by atoms with Crippen LogP contribution in [0.2, 0.25) is 0 Å². The highest BCUT2D eigenvalue weighted by Gasteiger charge is 2.31. The Morgan fingerprint density at radius 3 is 2.75 bits per heavy atom. The first-order valence-corrected chi connectivity index (χ1v) is 4.19. The van der Waals surface area contributed by atoms with Crippen LogP contribution in [-0.2, 0) is 0 Å². The molecule has 7 heteroatoms. The Morgan fingerprint density at radius 2 is 2.06 bits per heavy atom. The lowest BCUT2D eigenvalue weighted by molar-refractivity contribution is -0.274. The number of nitrogens with one attached hydrogen (secondary N) is 1. The van der Waals surface area contributed by atoms with Crippen LogP contribution in [-0.4, -0.2) is 16.3 Å². The molecule has 0 aliphatic rings. The quantitative estimate of drug-likeness (QED) is 0.812. The summed E-state index contributed by atoms with van der Waals surface area (Å²) in [6.07, 6.45) is -3.75. The number of halogens is 3. The fourth-order valence-electron chi connectivity index (χ4n) is 1.21. The van der Waals surface area contributed by atoms with Gasteiger partial charge in [0.25, 0.3) is 5.56 Å². The van der Waals surface area contributed by atoms with Crippen LogP contribution in [0.4, 0.5) is 13.2 Å². The lowest BCUT2D eigenvalue weighted by Crippen LogP contribution is -2.17. The molecule has 2 rings (SSSR count). The number of alkyl halides is 3. The smallest absolute Gasteiger partial charge is 0.406 e. The molecule has 0 fully saturated rings. The largest absolute Gasteiger partial charge is 0.573 e. The first-order valence-electron chi connectivity index (χ1n) is 4.19. The van der Waals surface area contributed by atoms with Gasteiger partial charge in [-0.15, -0.1) is 13.2 Å². The van der Waals surface area contributed by atoms with Crippen LogP contribution in [0.15, 0.2) is 29.2 Å². The lowest BCUT2D eigenvalue weighted by atomic mass is 10.3. The Labute approximate surface area is 86.7 Å². The minimum absolute atomic E-state index is 0.223. The number of H-pyrrole nitrogens is 1. The second kappa shape index (κ2) is 3.51. The van der Waals surface area contributed by atoms with Crippen LogP contribution in [0, 0.1) is 0 Å². The van der Waals surface area contributed by atoms with Gasteiger partial charge in [-0.05, 0) is 12.1 Å². The molecular formula is C9H5F3N2O2. The Bertz CT molecular complexity index is 577. The average Bonchev–Trinajstić information content (AvgIpc) is 2.16. The normalized spacial score (nSPS) is 11.7. The third kappa shape index (κ3) is 2.30. The van der Waals surface area contributed by atoms with Gasteiger partial charge < -0.3 is 9.72 Å². The number of fused-ring (bicyclic) bond motifs is 1. The van der Waals surface area contributed by atoms with Gasteiger partial charge >= 0.3 is 6.36 Å². The summed E-state index contributed by atoms with van der Waals surface area (Å²) in [6.45, 7) is 0. The summed E-state index contributed by atoms with van der Waals surface area (Å²) in [5.41, 5.74) is 0.153. The molecule has 0 aliphatic carbocycles. The van der Waals surface area contributed by atoms with Crippen molar-refractivity contribution in [1.29, 1.82) is 0 Å². The van der Waals surface area contributed by atoms with E-state index < -0.39 is 11.9 Å². The van der Waals surface area contributed by atoms with E-state index in [2.05, 4.69) is 14.7 Å². The van der Waals surface area contributed by atoms with E-state index in [1.54, 1.807) is 0 Å². The Hall–Kier alpha value is -2.05. The highest BCUT2D eigenvalue weighted by atomic mass is 19.4. The number of aromatic amines is 1. The van der Waals surface area contributed by atoms with Crippen molar-refractivity contribution in [3.8, 4) is 5.75 Å². The molecule has 16 heavy (non-hydrogen) atoms. The topological polar surface area (TPSA) is 55.0 Å². The van der Waals surface area contributed by atoms with Gasteiger partial charge in [0.1, 0.15) is 5.75 Å². The second-order valence-electron chi connectivity index (χ2n) is 2.97. The summed E-state index contributed by atoms with van der Waals surface area (Å²) in [7, 11) is 0. The highest BCUT2D eigenvalue weighted by molar-refractivity contribution is 5.75. The Morgan fingerprint density at radius 1 is 1.31 bits per heavy atom. The zero-order valence-corrected chi connectivity index (χ0v) is 7.71. The number of rotatable bonds is 1. The summed E-state index contributed by atoms with van der Waals surface area (Å²) in [4.78, 5) is 17.0. The Balaban J connectivity index is 2.45. The van der Waals surface area contributed by atoms with Gasteiger partial charge in [-0.1, -0.05) is 0 Å². The maximum absolute atomic E-state index is 11.9. The van der Waals surface area contributed by atoms with Crippen molar-refractivity contribution in [1.82, 2.24) is 9.97 Å². The standard InChI is InChI=1S/C9H5F3N2O2/c10-9(11,12)16-5-1-2-6-7(3-5)13-4-8(15)14-6/h1-4H,(H,14,15). The first kappa shape index (κ1) is 10.5. The summed E-state index contributed by atoms with van der Waals surface area (Å²) >= 11 is 0. The van der Waals surface area contributed by atoms with Crippen LogP contribution in [0.25, 0.3) is 11.0 Å². The molecule has 0 aliphatic heterocycles. The molecule has 0 amide bonds. The molecule has 1 aromatic heterocycles. The van der Waals surface area contributed by atoms with E-state index in [-0.39, 0.29) is 11.3 Å². The Kier molecular flexibility index (Phi) is 2.30. The van der Waals surface area contributed by atoms with Gasteiger partial charge in [0.15, 0.2) is 0 Å². The summed E-state index contributed by atoms with van der Waals surface area (Å²) < 4.78 is 39.4. The van der Waals surface area contributed by atoms with Crippen LogP contribution in [0.1, 0.15) is 0 Å². The van der Waals surface area contributed by atoms with E-state index in [1.807, 2.05) is 0 Å². The molecule has 0 saturated carbocycles. The van der Waals surface area contributed by atoms with E-state index in [4.69, 9.17) is 0 Å². The van der Waals surface area contributed by atoms with E-state index in [9.17, 15) is 18.0 Å². The third-order valence-electron chi connectivity index (χ3n) is 1.78. The molecule has 0 bridgehead atoms. The molecular weight excluding hydrogens is 225 g/mol. The zero-order chi connectivity index (χ0) is 11.8. The predicted molar refractivity (Wildman–Crippen MR) is 49.0 cm³/mol. The molecule has 2 aromatic rings. The molecule has 0 unspecified atom stereocenters. The van der Waals surface area contributed by atoms with Crippen molar-refractivity contribution in [2.45, 2.75) is 6.36 Å². The molecule has 0 radical (unpaired) electrons. The summed E-state index contributed by atoms with van der Waals surface area (Å²) in [5.74, 6) is -0.375. The van der Waals surface area contributed by atoms with E-state index in [0.29, 0.717) is 5.52 Å². The predicted octanol–water partition coefficient (Wildman–Crippen LogP) is 1.82. The summed E-state index contributed by atoms with van der Waals surface area (Å²) in [6, 6.07) is 3.50. The average molecular weight is 230 g/mol. The van der Waals surface area contributed by atoms with Crippen LogP contribution in [0.5, 0.6) is 5.75 Å². The number of aromatic nitrogens is 2. The van der Waals surface area contributed by atoms with Gasteiger partial charge in [0, 0.05) is 6.07 Å². The maximum atomic E-state index is 11.9. The molecule has 4 nitrogen and oxygen atoms in total.